The predicted octanol–water partition coefficient (Wildman–Crippen LogP) is 1.85. The second-order valence-electron chi connectivity index (χ2n) is 5.04. The molecule has 0 spiro atoms. The summed E-state index contributed by atoms with van der Waals surface area (Å²) in [6.45, 7) is 5.97. The minimum absolute atomic E-state index is 0.0567. The monoisotopic (exact) mass is 261 g/mol. The van der Waals surface area contributed by atoms with Crippen LogP contribution in [-0.2, 0) is 16.1 Å². The fourth-order valence-corrected chi connectivity index (χ4v) is 2.58. The van der Waals surface area contributed by atoms with E-state index in [2.05, 4.69) is 9.97 Å². The number of hydrogen-bond donors (Lipinski definition) is 0. The minimum atomic E-state index is -0.501. The first-order valence-electron chi connectivity index (χ1n) is 6.65. The molecule has 5 heteroatoms. The second-order valence-corrected chi connectivity index (χ2v) is 5.04. The molecule has 0 unspecified atom stereocenters. The van der Waals surface area contributed by atoms with E-state index in [4.69, 9.17) is 0 Å². The van der Waals surface area contributed by atoms with E-state index >= 15 is 0 Å². The van der Waals surface area contributed by atoms with E-state index in [-0.39, 0.29) is 18.4 Å². The summed E-state index contributed by atoms with van der Waals surface area (Å²) in [5.41, 5.74) is 0.205. The van der Waals surface area contributed by atoms with Gasteiger partial charge in [-0.05, 0) is 25.8 Å². The lowest BCUT2D eigenvalue weighted by atomic mass is 9.81. The average Bonchev–Trinajstić information content (AvgIpc) is 2.64. The molecule has 1 aromatic rings. The van der Waals surface area contributed by atoms with E-state index in [0.29, 0.717) is 30.8 Å². The summed E-state index contributed by atoms with van der Waals surface area (Å²) in [4.78, 5) is 34.1. The molecule has 2 amide bonds. The summed E-state index contributed by atoms with van der Waals surface area (Å²) in [5, 5.41) is 0. The van der Waals surface area contributed by atoms with Crippen LogP contribution in [0.15, 0.2) is 12.3 Å². The molecule has 1 saturated heterocycles. The molecule has 0 saturated carbocycles. The highest BCUT2D eigenvalue weighted by atomic mass is 16.2. The van der Waals surface area contributed by atoms with Crippen molar-refractivity contribution in [2.24, 2.45) is 5.41 Å². The topological polar surface area (TPSA) is 63.2 Å². The molecular formula is C14H19N3O2. The summed E-state index contributed by atoms with van der Waals surface area (Å²) in [7, 11) is 0. The van der Waals surface area contributed by atoms with E-state index in [0.717, 1.165) is 0 Å². The zero-order valence-electron chi connectivity index (χ0n) is 11.6. The highest BCUT2D eigenvalue weighted by molar-refractivity contribution is 6.05. The van der Waals surface area contributed by atoms with Crippen LogP contribution in [0.1, 0.15) is 44.6 Å². The molecule has 1 aliphatic heterocycles. The molecule has 102 valence electrons. The Labute approximate surface area is 113 Å². The maximum atomic E-state index is 12.5. The van der Waals surface area contributed by atoms with Gasteiger partial charge in [-0.3, -0.25) is 14.5 Å². The quantitative estimate of drug-likeness (QED) is 0.776. The Balaban J connectivity index is 2.22. The molecule has 5 nitrogen and oxygen atoms in total. The van der Waals surface area contributed by atoms with Crippen molar-refractivity contribution in [1.29, 1.82) is 0 Å². The zero-order valence-corrected chi connectivity index (χ0v) is 11.6. The van der Waals surface area contributed by atoms with E-state index in [1.54, 1.807) is 19.2 Å². The van der Waals surface area contributed by atoms with Gasteiger partial charge in [0.15, 0.2) is 0 Å². The van der Waals surface area contributed by atoms with Crippen molar-refractivity contribution in [3.05, 3.63) is 23.8 Å². The number of carbonyl (C=O) groups is 2. The number of rotatable bonds is 4. The van der Waals surface area contributed by atoms with Crippen LogP contribution in [0.25, 0.3) is 0 Å². The Morgan fingerprint density at radius 1 is 1.32 bits per heavy atom. The molecule has 19 heavy (non-hydrogen) atoms. The molecule has 0 aromatic carbocycles. The first-order chi connectivity index (χ1) is 9.02. The Bertz CT molecular complexity index is 509. The van der Waals surface area contributed by atoms with Crippen molar-refractivity contribution >= 4 is 11.8 Å². The summed E-state index contributed by atoms with van der Waals surface area (Å²) in [6, 6.07) is 1.74. The zero-order chi connectivity index (χ0) is 14.0. The van der Waals surface area contributed by atoms with Gasteiger partial charge in [-0.15, -0.1) is 0 Å². The fraction of sp³-hybridized carbons (Fsp3) is 0.571. The SMILES string of the molecule is CCC1(CC)CC(=O)N(Cc2ccnc(C)n2)C1=O. The van der Waals surface area contributed by atoms with Crippen LogP contribution >= 0.6 is 0 Å². The van der Waals surface area contributed by atoms with Crippen molar-refractivity contribution in [1.82, 2.24) is 14.9 Å². The number of aryl methyl sites for hydroxylation is 1. The van der Waals surface area contributed by atoms with Crippen LogP contribution in [-0.4, -0.2) is 26.7 Å². The Morgan fingerprint density at radius 2 is 2.00 bits per heavy atom. The van der Waals surface area contributed by atoms with Crippen molar-refractivity contribution in [2.45, 2.75) is 46.6 Å². The number of nitrogens with zero attached hydrogens (tertiary/aromatic N) is 3. The van der Waals surface area contributed by atoms with Gasteiger partial charge >= 0.3 is 0 Å². The molecule has 2 rings (SSSR count). The van der Waals surface area contributed by atoms with Crippen molar-refractivity contribution in [2.75, 3.05) is 0 Å². The average molecular weight is 261 g/mol. The normalized spacial score (nSPS) is 18.2. The van der Waals surface area contributed by atoms with Crippen molar-refractivity contribution < 1.29 is 9.59 Å². The number of hydrogen-bond acceptors (Lipinski definition) is 4. The highest BCUT2D eigenvalue weighted by Crippen LogP contribution is 2.39. The molecule has 0 aliphatic carbocycles. The molecule has 0 radical (unpaired) electrons. The van der Waals surface area contributed by atoms with Crippen LogP contribution in [0.3, 0.4) is 0 Å². The first kappa shape index (κ1) is 13.6. The maximum absolute atomic E-state index is 12.5. The minimum Gasteiger partial charge on any atom is -0.276 e. The van der Waals surface area contributed by atoms with Gasteiger partial charge in [0.1, 0.15) is 5.82 Å². The van der Waals surface area contributed by atoms with Gasteiger partial charge in [-0.2, -0.15) is 0 Å². The van der Waals surface area contributed by atoms with Crippen LogP contribution < -0.4 is 0 Å². The third-order valence-corrected chi connectivity index (χ3v) is 4.00. The standard InChI is InChI=1S/C14H19N3O2/c1-4-14(5-2)8-12(18)17(13(14)19)9-11-6-7-15-10(3)16-11/h6-7H,4-5,8-9H2,1-3H3. The van der Waals surface area contributed by atoms with Gasteiger partial charge in [0, 0.05) is 12.6 Å². The summed E-state index contributed by atoms with van der Waals surface area (Å²) < 4.78 is 0. The molecule has 0 N–H and O–H groups in total. The smallest absolute Gasteiger partial charge is 0.236 e. The molecule has 1 aliphatic rings. The summed E-state index contributed by atoms with van der Waals surface area (Å²) in [5.74, 6) is 0.498. The van der Waals surface area contributed by atoms with Gasteiger partial charge in [0.25, 0.3) is 0 Å². The summed E-state index contributed by atoms with van der Waals surface area (Å²) >= 11 is 0. The second kappa shape index (κ2) is 5.07. The Morgan fingerprint density at radius 3 is 2.53 bits per heavy atom. The molecule has 0 atom stereocenters. The molecule has 1 fully saturated rings. The van der Waals surface area contributed by atoms with Gasteiger partial charge < -0.3 is 0 Å². The summed E-state index contributed by atoms with van der Waals surface area (Å²) in [6.07, 6.45) is 3.37. The highest BCUT2D eigenvalue weighted by Gasteiger charge is 2.48. The van der Waals surface area contributed by atoms with Crippen molar-refractivity contribution in [3.63, 3.8) is 0 Å². The lowest BCUT2D eigenvalue weighted by Crippen LogP contribution is -2.35. The predicted molar refractivity (Wildman–Crippen MR) is 70.0 cm³/mol. The van der Waals surface area contributed by atoms with Gasteiger partial charge in [-0.1, -0.05) is 13.8 Å². The maximum Gasteiger partial charge on any atom is 0.236 e. The molecule has 2 heterocycles. The van der Waals surface area contributed by atoms with Gasteiger partial charge in [0.05, 0.1) is 17.7 Å². The van der Waals surface area contributed by atoms with Crippen LogP contribution in [0.2, 0.25) is 0 Å². The number of aromatic nitrogens is 2. The Kier molecular flexibility index (Phi) is 3.64. The lowest BCUT2D eigenvalue weighted by molar-refractivity contribution is -0.142. The van der Waals surface area contributed by atoms with E-state index in [9.17, 15) is 9.59 Å². The van der Waals surface area contributed by atoms with Gasteiger partial charge in [-0.25, -0.2) is 9.97 Å². The third kappa shape index (κ3) is 2.37. The van der Waals surface area contributed by atoms with Crippen LogP contribution in [0, 0.1) is 12.3 Å². The molecular weight excluding hydrogens is 242 g/mol. The van der Waals surface area contributed by atoms with E-state index in [1.807, 2.05) is 13.8 Å². The number of carbonyl (C=O) groups excluding carboxylic acids is 2. The Hall–Kier alpha value is -1.78. The molecule has 0 bridgehead atoms. The van der Waals surface area contributed by atoms with E-state index in [1.165, 1.54) is 4.90 Å². The van der Waals surface area contributed by atoms with E-state index < -0.39 is 5.41 Å². The van der Waals surface area contributed by atoms with Crippen LogP contribution in [0.5, 0.6) is 0 Å². The largest absolute Gasteiger partial charge is 0.276 e. The van der Waals surface area contributed by atoms with Gasteiger partial charge in [0.2, 0.25) is 11.8 Å². The number of amides is 2. The van der Waals surface area contributed by atoms with Crippen LogP contribution in [0.4, 0.5) is 0 Å². The lowest BCUT2D eigenvalue weighted by Gasteiger charge is -2.23. The third-order valence-electron chi connectivity index (χ3n) is 4.00. The first-order valence-corrected chi connectivity index (χ1v) is 6.65. The number of likely N-dealkylation sites (tertiary alicyclic amines) is 1. The van der Waals surface area contributed by atoms with Crippen molar-refractivity contribution in [3.8, 4) is 0 Å². The molecule has 1 aromatic heterocycles. The number of imide groups is 1. The fourth-order valence-electron chi connectivity index (χ4n) is 2.58.